The maximum Gasteiger partial charge on any atom is 0.142 e. The van der Waals surface area contributed by atoms with Crippen molar-refractivity contribution in [3.05, 3.63) is 33.6 Å². The second-order valence-corrected chi connectivity index (χ2v) is 6.04. The van der Waals surface area contributed by atoms with Crippen LogP contribution in [0, 0.1) is 11.7 Å². The van der Waals surface area contributed by atoms with E-state index in [9.17, 15) is 9.50 Å². The van der Waals surface area contributed by atoms with Crippen LogP contribution in [-0.4, -0.2) is 40.9 Å². The molecule has 1 aromatic rings. The summed E-state index contributed by atoms with van der Waals surface area (Å²) in [5.74, 6) is -0.328. The minimum atomic E-state index is -0.645. The number of hydrogen-bond donors (Lipinski definition) is 2. The number of halogens is 3. The number of nitrogens with zero attached hydrogens (tertiary/aromatic N) is 1. The van der Waals surface area contributed by atoms with E-state index < -0.39 is 11.9 Å². The van der Waals surface area contributed by atoms with Crippen LogP contribution < -0.4 is 0 Å². The number of aliphatic hydroxyl groups excluding tert-OH is 2. The van der Waals surface area contributed by atoms with Crippen LogP contribution in [0.1, 0.15) is 18.4 Å². The fourth-order valence-corrected chi connectivity index (χ4v) is 3.01. The molecule has 1 unspecified atom stereocenters. The van der Waals surface area contributed by atoms with Crippen LogP contribution in [-0.2, 0) is 6.54 Å². The van der Waals surface area contributed by atoms with E-state index in [4.69, 9.17) is 28.3 Å². The second kappa shape index (κ2) is 7.05. The van der Waals surface area contributed by atoms with Gasteiger partial charge < -0.3 is 10.2 Å². The smallest absolute Gasteiger partial charge is 0.142 e. The molecule has 0 radical (unpaired) electrons. The van der Waals surface area contributed by atoms with Crippen LogP contribution in [0.2, 0.25) is 10.0 Å². The highest BCUT2D eigenvalue weighted by atomic mass is 35.5. The fourth-order valence-electron chi connectivity index (χ4n) is 2.57. The summed E-state index contributed by atoms with van der Waals surface area (Å²) in [4.78, 5) is 2.16. The first-order chi connectivity index (χ1) is 9.51. The zero-order valence-electron chi connectivity index (χ0n) is 11.0. The summed E-state index contributed by atoms with van der Waals surface area (Å²) in [5.41, 5.74) is 0.717. The summed E-state index contributed by atoms with van der Waals surface area (Å²) in [6.45, 7) is 1.96. The van der Waals surface area contributed by atoms with Gasteiger partial charge in [0.15, 0.2) is 0 Å². The Kier molecular flexibility index (Phi) is 5.64. The Morgan fingerprint density at radius 2 is 1.90 bits per heavy atom. The number of piperidine rings is 1. The Balaban J connectivity index is 1.94. The van der Waals surface area contributed by atoms with Gasteiger partial charge in [-0.3, -0.25) is 4.90 Å². The molecule has 0 saturated carbocycles. The van der Waals surface area contributed by atoms with Gasteiger partial charge in [0.2, 0.25) is 0 Å². The number of likely N-dealkylation sites (tertiary alicyclic amines) is 1. The van der Waals surface area contributed by atoms with Gasteiger partial charge in [0.05, 0.1) is 17.7 Å². The average Bonchev–Trinajstić information content (AvgIpc) is 2.44. The zero-order valence-corrected chi connectivity index (χ0v) is 12.5. The molecule has 0 bridgehead atoms. The molecule has 0 aromatic heterocycles. The molecule has 20 heavy (non-hydrogen) atoms. The highest BCUT2D eigenvalue weighted by Crippen LogP contribution is 2.27. The topological polar surface area (TPSA) is 43.7 Å². The van der Waals surface area contributed by atoms with Crippen molar-refractivity contribution >= 4 is 23.2 Å². The van der Waals surface area contributed by atoms with Gasteiger partial charge in [-0.05, 0) is 49.5 Å². The van der Waals surface area contributed by atoms with Crippen molar-refractivity contribution < 1.29 is 14.6 Å². The molecule has 0 spiro atoms. The molecule has 1 atom stereocenters. The van der Waals surface area contributed by atoms with Gasteiger partial charge in [0.1, 0.15) is 5.82 Å². The molecule has 1 saturated heterocycles. The summed E-state index contributed by atoms with van der Waals surface area (Å²) < 4.78 is 13.5. The Bertz CT molecular complexity index is 465. The molecule has 0 aliphatic carbocycles. The van der Waals surface area contributed by atoms with Gasteiger partial charge in [-0.1, -0.05) is 23.2 Å². The lowest BCUT2D eigenvalue weighted by Crippen LogP contribution is -2.38. The first-order valence-corrected chi connectivity index (χ1v) is 7.41. The highest BCUT2D eigenvalue weighted by molar-refractivity contribution is 6.35. The van der Waals surface area contributed by atoms with Crippen molar-refractivity contribution in [3.63, 3.8) is 0 Å². The summed E-state index contributed by atoms with van der Waals surface area (Å²) >= 11 is 11.7. The molecule has 112 valence electrons. The maximum absolute atomic E-state index is 13.5. The molecule has 3 nitrogen and oxygen atoms in total. The van der Waals surface area contributed by atoms with Crippen LogP contribution in [0.15, 0.2) is 12.1 Å². The maximum atomic E-state index is 13.5. The Hall–Kier alpha value is -0.390. The molecule has 1 heterocycles. The highest BCUT2D eigenvalue weighted by Gasteiger charge is 2.25. The van der Waals surface area contributed by atoms with E-state index in [0.29, 0.717) is 11.6 Å². The minimum Gasteiger partial charge on any atom is -0.394 e. The Morgan fingerprint density at radius 3 is 2.50 bits per heavy atom. The largest absolute Gasteiger partial charge is 0.394 e. The number of benzene rings is 1. The molecule has 1 aromatic carbocycles. The van der Waals surface area contributed by atoms with Crippen molar-refractivity contribution in [3.8, 4) is 0 Å². The number of rotatable bonds is 4. The van der Waals surface area contributed by atoms with Crippen molar-refractivity contribution in [2.45, 2.75) is 25.5 Å². The van der Waals surface area contributed by atoms with E-state index in [1.807, 2.05) is 0 Å². The zero-order chi connectivity index (χ0) is 14.7. The third-order valence-electron chi connectivity index (χ3n) is 3.85. The van der Waals surface area contributed by atoms with Gasteiger partial charge in [0.25, 0.3) is 0 Å². The fraction of sp³-hybridized carbons (Fsp3) is 0.571. The van der Waals surface area contributed by atoms with E-state index in [-0.39, 0.29) is 17.5 Å². The lowest BCUT2D eigenvalue weighted by atomic mass is 9.91. The molecular weight excluding hydrogens is 304 g/mol. The van der Waals surface area contributed by atoms with Crippen LogP contribution in [0.3, 0.4) is 0 Å². The predicted molar refractivity (Wildman–Crippen MR) is 77.5 cm³/mol. The summed E-state index contributed by atoms with van der Waals surface area (Å²) in [5, 5.41) is 19.1. The van der Waals surface area contributed by atoms with Gasteiger partial charge >= 0.3 is 0 Å². The van der Waals surface area contributed by atoms with Crippen LogP contribution in [0.25, 0.3) is 0 Å². The van der Waals surface area contributed by atoms with Gasteiger partial charge in [-0.15, -0.1) is 0 Å². The van der Waals surface area contributed by atoms with Crippen molar-refractivity contribution in [2.75, 3.05) is 19.7 Å². The molecule has 0 amide bonds. The molecule has 1 aliphatic heterocycles. The number of hydrogen-bond acceptors (Lipinski definition) is 3. The molecule has 1 aliphatic rings. The predicted octanol–water partition coefficient (Wildman–Crippen LogP) is 2.70. The van der Waals surface area contributed by atoms with Crippen molar-refractivity contribution in [2.24, 2.45) is 5.92 Å². The van der Waals surface area contributed by atoms with E-state index in [1.165, 1.54) is 12.1 Å². The molecule has 6 heteroatoms. The van der Waals surface area contributed by atoms with Crippen molar-refractivity contribution in [1.29, 1.82) is 0 Å². The van der Waals surface area contributed by atoms with Crippen molar-refractivity contribution in [1.82, 2.24) is 4.90 Å². The summed E-state index contributed by atoms with van der Waals surface area (Å²) in [6.07, 6.45) is 0.985. The van der Waals surface area contributed by atoms with Gasteiger partial charge in [-0.25, -0.2) is 4.39 Å². The van der Waals surface area contributed by atoms with Crippen LogP contribution in [0.5, 0.6) is 0 Å². The third-order valence-corrected chi connectivity index (χ3v) is 4.49. The molecule has 1 fully saturated rings. The first kappa shape index (κ1) is 16.0. The average molecular weight is 322 g/mol. The molecular formula is C14H18Cl2FNO2. The standard InChI is InChI=1S/C14H18Cl2FNO2/c15-11-6-12(16)13(17)5-10(11)7-18-3-1-9(2-4-18)14(20)8-19/h5-6,9,14,19-20H,1-4,7-8H2. The van der Waals surface area contributed by atoms with Gasteiger partial charge in [-0.2, -0.15) is 0 Å². The monoisotopic (exact) mass is 321 g/mol. The summed E-state index contributed by atoms with van der Waals surface area (Å²) in [7, 11) is 0. The Labute approximate surface area is 127 Å². The minimum absolute atomic E-state index is 0.0310. The van der Waals surface area contributed by atoms with Gasteiger partial charge in [0, 0.05) is 11.6 Å². The molecule has 2 rings (SSSR count). The van der Waals surface area contributed by atoms with Crippen LogP contribution >= 0.6 is 23.2 Å². The lowest BCUT2D eigenvalue weighted by Gasteiger charge is -2.33. The molecule has 2 N–H and O–H groups in total. The third kappa shape index (κ3) is 3.83. The first-order valence-electron chi connectivity index (χ1n) is 6.66. The number of aliphatic hydroxyl groups is 2. The normalized spacial score (nSPS) is 19.2. The lowest BCUT2D eigenvalue weighted by molar-refractivity contribution is 0.0172. The second-order valence-electron chi connectivity index (χ2n) is 5.22. The quantitative estimate of drug-likeness (QED) is 0.838. The van der Waals surface area contributed by atoms with E-state index >= 15 is 0 Å². The SMILES string of the molecule is OCC(O)C1CCN(Cc2cc(F)c(Cl)cc2Cl)CC1. The van der Waals surface area contributed by atoms with E-state index in [0.717, 1.165) is 31.5 Å². The van der Waals surface area contributed by atoms with E-state index in [1.54, 1.807) is 0 Å². The Morgan fingerprint density at radius 1 is 1.25 bits per heavy atom. The van der Waals surface area contributed by atoms with Crippen LogP contribution in [0.4, 0.5) is 4.39 Å². The summed E-state index contributed by atoms with van der Waals surface area (Å²) in [6, 6.07) is 2.80. The van der Waals surface area contributed by atoms with E-state index in [2.05, 4.69) is 4.90 Å².